The van der Waals surface area contributed by atoms with Gasteiger partial charge in [-0.05, 0) is 28.7 Å². The fourth-order valence-electron chi connectivity index (χ4n) is 2.08. The highest BCUT2D eigenvalue weighted by Crippen LogP contribution is 2.28. The van der Waals surface area contributed by atoms with E-state index in [4.69, 9.17) is 0 Å². The molecule has 0 aliphatic heterocycles. The number of aryl methyl sites for hydroxylation is 1. The van der Waals surface area contributed by atoms with Crippen molar-refractivity contribution in [3.05, 3.63) is 23.9 Å². The Morgan fingerprint density at radius 3 is 2.56 bits per heavy atom. The molecule has 0 aliphatic rings. The molecule has 0 N–H and O–H groups in total. The molecule has 0 bridgehead atoms. The number of hydrogen-bond donors (Lipinski definition) is 0. The van der Waals surface area contributed by atoms with Gasteiger partial charge in [-0.1, -0.05) is 33.3 Å². The van der Waals surface area contributed by atoms with Crippen LogP contribution in [0.5, 0.6) is 0 Å². The normalized spacial score (nSPS) is 11.8. The molecule has 96 valence electrons. The Kier molecular flexibility index (Phi) is 3.41. The molecule has 0 saturated heterocycles. The molecule has 0 aromatic carbocycles. The smallest absolute Gasteiger partial charge is 0.223 e. The van der Waals surface area contributed by atoms with Gasteiger partial charge >= 0.3 is 0 Å². The SMILES string of the molecule is CCCC(C)(C)c1ccc(-c2nnn(C)n2)nc1. The lowest BCUT2D eigenvalue weighted by molar-refractivity contribution is 0.471. The van der Waals surface area contributed by atoms with E-state index in [-0.39, 0.29) is 5.41 Å². The maximum Gasteiger partial charge on any atom is 0.223 e. The van der Waals surface area contributed by atoms with Gasteiger partial charge in [0.05, 0.1) is 7.05 Å². The topological polar surface area (TPSA) is 56.5 Å². The van der Waals surface area contributed by atoms with E-state index in [0.29, 0.717) is 5.82 Å². The minimum absolute atomic E-state index is 0.163. The van der Waals surface area contributed by atoms with Gasteiger partial charge in [0.25, 0.3) is 0 Å². The number of tetrazole rings is 1. The van der Waals surface area contributed by atoms with E-state index in [1.165, 1.54) is 16.8 Å². The van der Waals surface area contributed by atoms with E-state index in [1.807, 2.05) is 12.3 Å². The standard InChI is InChI=1S/C13H19N5/c1-5-8-13(2,3)10-6-7-11(14-9-10)12-15-17-18(4)16-12/h6-7,9H,5,8H2,1-4H3. The minimum atomic E-state index is 0.163. The highest BCUT2D eigenvalue weighted by Gasteiger charge is 2.20. The number of rotatable bonds is 4. The third-order valence-corrected chi connectivity index (χ3v) is 3.16. The molecule has 2 heterocycles. The summed E-state index contributed by atoms with van der Waals surface area (Å²) in [6, 6.07) is 4.07. The van der Waals surface area contributed by atoms with Crippen molar-refractivity contribution in [2.45, 2.75) is 39.0 Å². The van der Waals surface area contributed by atoms with Gasteiger partial charge in [-0.25, -0.2) is 0 Å². The number of aromatic nitrogens is 5. The van der Waals surface area contributed by atoms with Gasteiger partial charge in [0.15, 0.2) is 0 Å². The van der Waals surface area contributed by atoms with Crippen LogP contribution >= 0.6 is 0 Å². The molecule has 0 unspecified atom stereocenters. The molecule has 0 radical (unpaired) electrons. The second-order valence-electron chi connectivity index (χ2n) is 5.17. The van der Waals surface area contributed by atoms with Crippen LogP contribution in [0.15, 0.2) is 18.3 Å². The first-order valence-electron chi connectivity index (χ1n) is 6.24. The predicted molar refractivity (Wildman–Crippen MR) is 70.0 cm³/mol. The van der Waals surface area contributed by atoms with Crippen LogP contribution in [0.25, 0.3) is 11.5 Å². The van der Waals surface area contributed by atoms with Gasteiger partial charge in [-0.2, -0.15) is 4.80 Å². The lowest BCUT2D eigenvalue weighted by atomic mass is 9.81. The Bertz CT molecular complexity index is 512. The second-order valence-corrected chi connectivity index (χ2v) is 5.17. The molecule has 0 amide bonds. The molecule has 2 aromatic rings. The summed E-state index contributed by atoms with van der Waals surface area (Å²) in [6.07, 6.45) is 4.24. The Morgan fingerprint density at radius 1 is 1.28 bits per heavy atom. The molecule has 18 heavy (non-hydrogen) atoms. The molecule has 0 aliphatic carbocycles. The van der Waals surface area contributed by atoms with Crippen LogP contribution in [-0.4, -0.2) is 25.2 Å². The Morgan fingerprint density at radius 2 is 2.06 bits per heavy atom. The van der Waals surface area contributed by atoms with Crippen LogP contribution in [0.3, 0.4) is 0 Å². The van der Waals surface area contributed by atoms with Gasteiger partial charge in [0, 0.05) is 6.20 Å². The summed E-state index contributed by atoms with van der Waals surface area (Å²) in [4.78, 5) is 5.87. The summed E-state index contributed by atoms with van der Waals surface area (Å²) in [5, 5.41) is 11.9. The molecule has 0 fully saturated rings. The van der Waals surface area contributed by atoms with E-state index in [1.54, 1.807) is 7.05 Å². The summed E-state index contributed by atoms with van der Waals surface area (Å²) in [5.41, 5.74) is 2.17. The van der Waals surface area contributed by atoms with E-state index < -0.39 is 0 Å². The molecule has 2 rings (SSSR count). The van der Waals surface area contributed by atoms with Crippen molar-refractivity contribution in [1.82, 2.24) is 25.2 Å². The zero-order valence-electron chi connectivity index (χ0n) is 11.4. The zero-order chi connectivity index (χ0) is 13.2. The van der Waals surface area contributed by atoms with Gasteiger partial charge in [0.2, 0.25) is 5.82 Å². The number of hydrogen-bond acceptors (Lipinski definition) is 4. The third-order valence-electron chi connectivity index (χ3n) is 3.16. The van der Waals surface area contributed by atoms with Crippen molar-refractivity contribution in [2.24, 2.45) is 7.05 Å². The number of nitrogens with zero attached hydrogens (tertiary/aromatic N) is 5. The van der Waals surface area contributed by atoms with Crippen LogP contribution in [-0.2, 0) is 12.5 Å². The monoisotopic (exact) mass is 245 g/mol. The molecule has 0 saturated carbocycles. The quantitative estimate of drug-likeness (QED) is 0.829. The lowest BCUT2D eigenvalue weighted by Crippen LogP contribution is -2.16. The van der Waals surface area contributed by atoms with Crippen LogP contribution < -0.4 is 0 Å². The zero-order valence-corrected chi connectivity index (χ0v) is 11.4. The molecule has 5 heteroatoms. The first kappa shape index (κ1) is 12.7. The van der Waals surface area contributed by atoms with Crippen molar-refractivity contribution < 1.29 is 0 Å². The Balaban J connectivity index is 2.25. The fraction of sp³-hybridized carbons (Fsp3) is 0.538. The first-order valence-corrected chi connectivity index (χ1v) is 6.24. The molecule has 2 aromatic heterocycles. The van der Waals surface area contributed by atoms with Gasteiger partial charge in [-0.3, -0.25) is 4.98 Å². The Hall–Kier alpha value is -1.78. The molecular formula is C13H19N5. The highest BCUT2D eigenvalue weighted by atomic mass is 15.6. The van der Waals surface area contributed by atoms with Crippen molar-refractivity contribution in [3.8, 4) is 11.5 Å². The van der Waals surface area contributed by atoms with Crippen LogP contribution in [0.4, 0.5) is 0 Å². The molecular weight excluding hydrogens is 226 g/mol. The van der Waals surface area contributed by atoms with Crippen LogP contribution in [0.1, 0.15) is 39.2 Å². The fourth-order valence-corrected chi connectivity index (χ4v) is 2.08. The summed E-state index contributed by atoms with van der Waals surface area (Å²) in [7, 11) is 1.75. The van der Waals surface area contributed by atoms with Crippen molar-refractivity contribution in [1.29, 1.82) is 0 Å². The van der Waals surface area contributed by atoms with E-state index in [2.05, 4.69) is 47.2 Å². The predicted octanol–water partition coefficient (Wildman–Crippen LogP) is 2.35. The maximum absolute atomic E-state index is 4.43. The summed E-state index contributed by atoms with van der Waals surface area (Å²) in [5.74, 6) is 0.567. The van der Waals surface area contributed by atoms with Crippen molar-refractivity contribution in [3.63, 3.8) is 0 Å². The Labute approximate surface area is 107 Å². The average Bonchev–Trinajstić information content (AvgIpc) is 2.76. The molecule has 0 spiro atoms. The maximum atomic E-state index is 4.43. The molecule has 5 nitrogen and oxygen atoms in total. The van der Waals surface area contributed by atoms with Crippen molar-refractivity contribution in [2.75, 3.05) is 0 Å². The molecule has 0 atom stereocenters. The van der Waals surface area contributed by atoms with Crippen LogP contribution in [0, 0.1) is 0 Å². The van der Waals surface area contributed by atoms with E-state index in [0.717, 1.165) is 12.1 Å². The minimum Gasteiger partial charge on any atom is -0.252 e. The van der Waals surface area contributed by atoms with Gasteiger partial charge in [-0.15, -0.1) is 10.2 Å². The second kappa shape index (κ2) is 4.84. The number of pyridine rings is 1. The highest BCUT2D eigenvalue weighted by molar-refractivity contribution is 5.47. The largest absolute Gasteiger partial charge is 0.252 e. The van der Waals surface area contributed by atoms with Crippen molar-refractivity contribution >= 4 is 0 Å². The third kappa shape index (κ3) is 2.55. The van der Waals surface area contributed by atoms with Crippen LogP contribution in [0.2, 0.25) is 0 Å². The summed E-state index contributed by atoms with van der Waals surface area (Å²) < 4.78 is 0. The van der Waals surface area contributed by atoms with Gasteiger partial charge in [0.1, 0.15) is 5.69 Å². The summed E-state index contributed by atoms with van der Waals surface area (Å²) in [6.45, 7) is 6.69. The lowest BCUT2D eigenvalue weighted by Gasteiger charge is -2.24. The average molecular weight is 245 g/mol. The van der Waals surface area contributed by atoms with E-state index >= 15 is 0 Å². The summed E-state index contributed by atoms with van der Waals surface area (Å²) >= 11 is 0. The van der Waals surface area contributed by atoms with E-state index in [9.17, 15) is 0 Å². The van der Waals surface area contributed by atoms with Gasteiger partial charge < -0.3 is 0 Å². The first-order chi connectivity index (χ1) is 8.53.